The maximum atomic E-state index is 13.2. The molecule has 0 spiro atoms. The highest BCUT2D eigenvalue weighted by atomic mass is 32.1. The van der Waals surface area contributed by atoms with Gasteiger partial charge >= 0.3 is 0 Å². The van der Waals surface area contributed by atoms with Gasteiger partial charge in [0.2, 0.25) is 6.10 Å². The summed E-state index contributed by atoms with van der Waals surface area (Å²) in [6, 6.07) is 17.9. The lowest BCUT2D eigenvalue weighted by molar-refractivity contribution is -0.123. The van der Waals surface area contributed by atoms with Crippen LogP contribution in [0.15, 0.2) is 60.7 Å². The minimum absolute atomic E-state index is 0.0701. The van der Waals surface area contributed by atoms with Crippen molar-refractivity contribution in [3.63, 3.8) is 0 Å². The van der Waals surface area contributed by atoms with E-state index >= 15 is 0 Å². The summed E-state index contributed by atoms with van der Waals surface area (Å²) in [5.41, 5.74) is 2.74. The van der Waals surface area contributed by atoms with E-state index in [9.17, 15) is 20.1 Å². The highest BCUT2D eigenvalue weighted by molar-refractivity contribution is 7.22. The Morgan fingerprint density at radius 2 is 1.73 bits per heavy atom. The van der Waals surface area contributed by atoms with Crippen molar-refractivity contribution >= 4 is 32.6 Å². The lowest BCUT2D eigenvalue weighted by Gasteiger charge is -2.18. The SMILES string of the molecule is N#Cc1ccc(C(Oc2ccc(O)cc2)C(=O)Nc2nc3cc(CO)c(CO)cc3s2)cc1. The van der Waals surface area contributed by atoms with E-state index in [1.165, 1.54) is 23.5 Å². The van der Waals surface area contributed by atoms with Gasteiger partial charge in [-0.3, -0.25) is 10.1 Å². The van der Waals surface area contributed by atoms with Crippen LogP contribution in [0.3, 0.4) is 0 Å². The second-order valence-corrected chi connectivity index (χ2v) is 8.17. The van der Waals surface area contributed by atoms with Gasteiger partial charge in [-0.25, -0.2) is 4.98 Å². The van der Waals surface area contributed by atoms with Crippen LogP contribution in [-0.4, -0.2) is 26.2 Å². The van der Waals surface area contributed by atoms with Crippen LogP contribution in [0.5, 0.6) is 11.5 Å². The summed E-state index contributed by atoms with van der Waals surface area (Å²) >= 11 is 1.23. The Balaban J connectivity index is 1.63. The lowest BCUT2D eigenvalue weighted by atomic mass is 10.1. The monoisotopic (exact) mass is 461 g/mol. The highest BCUT2D eigenvalue weighted by Gasteiger charge is 2.24. The summed E-state index contributed by atoms with van der Waals surface area (Å²) in [5, 5.41) is 40.7. The van der Waals surface area contributed by atoms with Crippen molar-refractivity contribution in [2.75, 3.05) is 5.32 Å². The van der Waals surface area contributed by atoms with Gasteiger partial charge in [-0.2, -0.15) is 5.26 Å². The van der Waals surface area contributed by atoms with Gasteiger partial charge in [-0.05, 0) is 59.7 Å². The molecule has 1 atom stereocenters. The Morgan fingerprint density at radius 3 is 2.36 bits per heavy atom. The molecule has 0 radical (unpaired) electrons. The zero-order valence-corrected chi connectivity index (χ0v) is 18.0. The number of carbonyl (C=O) groups excluding carboxylic acids is 1. The first-order valence-electron chi connectivity index (χ1n) is 9.91. The first kappa shape index (κ1) is 22.2. The lowest BCUT2D eigenvalue weighted by Crippen LogP contribution is -2.25. The number of hydrogen-bond donors (Lipinski definition) is 4. The molecule has 0 aliphatic heterocycles. The predicted molar refractivity (Wildman–Crippen MR) is 123 cm³/mol. The average Bonchev–Trinajstić information content (AvgIpc) is 3.23. The molecule has 1 aromatic heterocycles. The Labute approximate surface area is 193 Å². The van der Waals surface area contributed by atoms with Crippen molar-refractivity contribution in [2.24, 2.45) is 0 Å². The normalized spacial score (nSPS) is 11.7. The molecule has 4 rings (SSSR count). The molecule has 0 saturated heterocycles. The number of nitriles is 1. The Morgan fingerprint density at radius 1 is 1.06 bits per heavy atom. The fourth-order valence-electron chi connectivity index (χ4n) is 3.24. The zero-order chi connectivity index (χ0) is 23.4. The van der Waals surface area contributed by atoms with Crippen LogP contribution in [0.2, 0.25) is 0 Å². The molecule has 0 bridgehead atoms. The van der Waals surface area contributed by atoms with E-state index in [1.807, 2.05) is 6.07 Å². The number of fused-ring (bicyclic) bond motifs is 1. The summed E-state index contributed by atoms with van der Waals surface area (Å²) in [6.07, 6.45) is -1.05. The fourth-order valence-corrected chi connectivity index (χ4v) is 4.16. The maximum Gasteiger partial charge on any atom is 0.271 e. The van der Waals surface area contributed by atoms with E-state index in [1.54, 1.807) is 48.5 Å². The second kappa shape index (κ2) is 9.67. The van der Waals surface area contributed by atoms with E-state index in [2.05, 4.69) is 10.3 Å². The summed E-state index contributed by atoms with van der Waals surface area (Å²) in [5.74, 6) is -0.0286. The van der Waals surface area contributed by atoms with Gasteiger partial charge in [0.1, 0.15) is 11.5 Å². The number of aliphatic hydroxyl groups excluding tert-OH is 2. The van der Waals surface area contributed by atoms with Crippen LogP contribution in [0, 0.1) is 11.3 Å². The topological polar surface area (TPSA) is 136 Å². The van der Waals surface area contributed by atoms with Crippen molar-refractivity contribution in [2.45, 2.75) is 19.3 Å². The second-order valence-electron chi connectivity index (χ2n) is 7.14. The van der Waals surface area contributed by atoms with Crippen LogP contribution in [-0.2, 0) is 18.0 Å². The summed E-state index contributed by atoms with van der Waals surface area (Å²) < 4.78 is 6.67. The molecule has 0 aliphatic rings. The number of nitrogens with zero attached hydrogens (tertiary/aromatic N) is 2. The smallest absolute Gasteiger partial charge is 0.271 e. The highest BCUT2D eigenvalue weighted by Crippen LogP contribution is 2.31. The van der Waals surface area contributed by atoms with Crippen LogP contribution in [0.1, 0.15) is 28.4 Å². The molecule has 4 N–H and O–H groups in total. The number of aromatic hydroxyl groups is 1. The van der Waals surface area contributed by atoms with Gasteiger partial charge in [0.25, 0.3) is 5.91 Å². The van der Waals surface area contributed by atoms with Gasteiger partial charge in [0.15, 0.2) is 5.13 Å². The number of aliphatic hydroxyl groups is 2. The fraction of sp³-hybridized carbons (Fsp3) is 0.125. The number of phenolic OH excluding ortho intramolecular Hbond substituents is 1. The quantitative estimate of drug-likeness (QED) is 0.330. The standard InChI is InChI=1S/C24H19N3O5S/c25-11-14-1-3-15(4-2-14)22(32-19-7-5-18(30)6-8-19)23(31)27-24-26-20-9-16(12-28)17(13-29)10-21(20)33-24/h1-10,22,28-30H,12-13H2,(H,26,27,31). The van der Waals surface area contributed by atoms with Crippen molar-refractivity contribution in [1.29, 1.82) is 5.26 Å². The number of carbonyl (C=O) groups is 1. The van der Waals surface area contributed by atoms with Crippen LogP contribution in [0.4, 0.5) is 5.13 Å². The zero-order valence-electron chi connectivity index (χ0n) is 17.2. The first-order valence-corrected chi connectivity index (χ1v) is 10.7. The van der Waals surface area contributed by atoms with Crippen molar-refractivity contribution < 1.29 is 24.9 Å². The molecule has 1 heterocycles. The molecule has 1 unspecified atom stereocenters. The summed E-state index contributed by atoms with van der Waals surface area (Å²) in [4.78, 5) is 17.6. The molecular formula is C24H19N3O5S. The molecule has 3 aromatic carbocycles. The number of phenols is 1. The largest absolute Gasteiger partial charge is 0.508 e. The molecule has 166 valence electrons. The predicted octanol–water partition coefficient (Wildman–Crippen LogP) is 3.62. The van der Waals surface area contributed by atoms with Gasteiger partial charge in [-0.1, -0.05) is 23.5 Å². The molecule has 4 aromatic rings. The number of amides is 1. The van der Waals surface area contributed by atoms with Gasteiger partial charge in [0.05, 0.1) is 35.1 Å². The van der Waals surface area contributed by atoms with Crippen molar-refractivity contribution in [3.05, 3.63) is 82.9 Å². The van der Waals surface area contributed by atoms with Crippen LogP contribution < -0.4 is 10.1 Å². The van der Waals surface area contributed by atoms with E-state index < -0.39 is 12.0 Å². The van der Waals surface area contributed by atoms with Crippen molar-refractivity contribution in [3.8, 4) is 17.6 Å². The minimum Gasteiger partial charge on any atom is -0.508 e. The molecule has 33 heavy (non-hydrogen) atoms. The van der Waals surface area contributed by atoms with Crippen molar-refractivity contribution in [1.82, 2.24) is 4.98 Å². The molecule has 8 nitrogen and oxygen atoms in total. The number of aromatic nitrogens is 1. The third-order valence-corrected chi connectivity index (χ3v) is 5.89. The van der Waals surface area contributed by atoms with E-state index in [0.29, 0.717) is 38.7 Å². The number of thiazole rings is 1. The number of hydrogen-bond acceptors (Lipinski definition) is 8. The Kier molecular flexibility index (Phi) is 6.51. The molecule has 0 saturated carbocycles. The Bertz CT molecular complexity index is 1290. The summed E-state index contributed by atoms with van der Waals surface area (Å²) in [7, 11) is 0. The average molecular weight is 461 g/mol. The van der Waals surface area contributed by atoms with Gasteiger partial charge in [-0.15, -0.1) is 0 Å². The molecule has 0 fully saturated rings. The summed E-state index contributed by atoms with van der Waals surface area (Å²) in [6.45, 7) is -0.445. The van der Waals surface area contributed by atoms with E-state index in [4.69, 9.17) is 10.00 Å². The third kappa shape index (κ3) is 4.94. The number of nitrogens with one attached hydrogen (secondary N) is 1. The third-order valence-electron chi connectivity index (χ3n) is 4.95. The Hall–Kier alpha value is -3.97. The molecular weight excluding hydrogens is 442 g/mol. The number of benzene rings is 3. The minimum atomic E-state index is -1.05. The maximum absolute atomic E-state index is 13.2. The van der Waals surface area contributed by atoms with E-state index in [0.717, 1.165) is 4.70 Å². The molecule has 0 aliphatic carbocycles. The molecule has 9 heteroatoms. The van der Waals surface area contributed by atoms with E-state index in [-0.39, 0.29) is 19.0 Å². The van der Waals surface area contributed by atoms with Gasteiger partial charge < -0.3 is 20.1 Å². The molecule has 1 amide bonds. The van der Waals surface area contributed by atoms with Gasteiger partial charge in [0, 0.05) is 5.56 Å². The first-order chi connectivity index (χ1) is 16.0. The van der Waals surface area contributed by atoms with Crippen LogP contribution >= 0.6 is 11.3 Å². The number of ether oxygens (including phenoxy) is 1. The number of anilines is 1. The van der Waals surface area contributed by atoms with Crippen LogP contribution in [0.25, 0.3) is 10.2 Å². The number of rotatable bonds is 7.